The number of hydrogen-bond acceptors (Lipinski definition) is 4. The van der Waals surface area contributed by atoms with Crippen LogP contribution in [0.5, 0.6) is 5.75 Å². The van der Waals surface area contributed by atoms with E-state index in [9.17, 15) is 23.4 Å². The lowest BCUT2D eigenvalue weighted by Gasteiger charge is -2.24. The maximum atomic E-state index is 12.5. The van der Waals surface area contributed by atoms with E-state index in [1.54, 1.807) is 31.2 Å². The molecule has 0 aliphatic rings. The fraction of sp³-hybridized carbons (Fsp3) is 0.235. The molecule has 0 saturated carbocycles. The van der Waals surface area contributed by atoms with Crippen LogP contribution in [0.1, 0.15) is 24.8 Å². The van der Waals surface area contributed by atoms with Gasteiger partial charge in [-0.3, -0.25) is 4.79 Å². The molecular formula is C17H18BrNO5S. The lowest BCUT2D eigenvalue weighted by atomic mass is 9.89. The maximum Gasteiger partial charge on any atom is 0.322 e. The molecule has 8 heteroatoms. The van der Waals surface area contributed by atoms with Gasteiger partial charge < -0.3 is 10.2 Å². The Morgan fingerprint density at radius 2 is 1.68 bits per heavy atom. The summed E-state index contributed by atoms with van der Waals surface area (Å²) in [5.74, 6) is -1.79. The van der Waals surface area contributed by atoms with Crippen molar-refractivity contribution in [3.8, 4) is 5.75 Å². The third kappa shape index (κ3) is 4.81. The van der Waals surface area contributed by atoms with Crippen molar-refractivity contribution < 1.29 is 23.4 Å². The lowest BCUT2D eigenvalue weighted by molar-refractivity contribution is -0.139. The Labute approximate surface area is 154 Å². The minimum Gasteiger partial charge on any atom is -0.508 e. The Morgan fingerprint density at radius 3 is 2.16 bits per heavy atom. The molecule has 3 N–H and O–H groups in total. The molecule has 0 aliphatic carbocycles. The first-order chi connectivity index (χ1) is 11.7. The molecule has 0 radical (unpaired) electrons. The predicted octanol–water partition coefficient (Wildman–Crippen LogP) is 3.08. The molecule has 0 amide bonds. The molecule has 0 fully saturated rings. The van der Waals surface area contributed by atoms with Crippen LogP contribution in [-0.4, -0.2) is 30.6 Å². The first-order valence-corrected chi connectivity index (χ1v) is 9.82. The van der Waals surface area contributed by atoms with Gasteiger partial charge in [-0.25, -0.2) is 8.42 Å². The monoisotopic (exact) mass is 427 g/mol. The highest BCUT2D eigenvalue weighted by molar-refractivity contribution is 9.10. The zero-order valence-electron chi connectivity index (χ0n) is 13.4. The second-order valence-corrected chi connectivity index (χ2v) is 8.13. The van der Waals surface area contributed by atoms with Crippen molar-refractivity contribution in [2.24, 2.45) is 0 Å². The van der Waals surface area contributed by atoms with Crippen LogP contribution in [0.3, 0.4) is 0 Å². The maximum absolute atomic E-state index is 12.5. The second kappa shape index (κ2) is 7.99. The molecule has 0 spiro atoms. The molecule has 0 saturated heterocycles. The third-order valence-electron chi connectivity index (χ3n) is 3.84. The van der Waals surface area contributed by atoms with E-state index < -0.39 is 28.0 Å². The van der Waals surface area contributed by atoms with Gasteiger partial charge in [0.25, 0.3) is 0 Å². The summed E-state index contributed by atoms with van der Waals surface area (Å²) in [7, 11) is -3.99. The number of hydrogen-bond donors (Lipinski definition) is 3. The second-order valence-electron chi connectivity index (χ2n) is 5.50. The summed E-state index contributed by atoms with van der Waals surface area (Å²) < 4.78 is 28.1. The molecule has 0 aromatic heterocycles. The van der Waals surface area contributed by atoms with Gasteiger partial charge in [0.1, 0.15) is 11.8 Å². The van der Waals surface area contributed by atoms with E-state index in [4.69, 9.17) is 0 Å². The normalized spacial score (nSPS) is 14.0. The van der Waals surface area contributed by atoms with Gasteiger partial charge >= 0.3 is 5.97 Å². The van der Waals surface area contributed by atoms with Crippen LogP contribution in [0.4, 0.5) is 0 Å². The van der Waals surface area contributed by atoms with Gasteiger partial charge in [0.15, 0.2) is 0 Å². The number of halogens is 1. The van der Waals surface area contributed by atoms with Gasteiger partial charge in [-0.05, 0) is 48.4 Å². The Kier molecular flexibility index (Phi) is 6.21. The van der Waals surface area contributed by atoms with Crippen molar-refractivity contribution in [1.82, 2.24) is 4.72 Å². The average molecular weight is 428 g/mol. The molecule has 0 bridgehead atoms. The standard InChI is InChI=1S/C17H18BrNO5S/c1-2-15(11-3-7-13(20)8-4-11)16(17(21)22)19-25(23,24)14-9-5-12(18)6-10-14/h3-10,15-16,19-20H,2H2,1H3,(H,21,22). The number of aromatic hydroxyl groups is 1. The van der Waals surface area contributed by atoms with Gasteiger partial charge in [0, 0.05) is 10.4 Å². The van der Waals surface area contributed by atoms with Crippen LogP contribution in [0, 0.1) is 0 Å². The number of phenols is 1. The van der Waals surface area contributed by atoms with Crippen molar-refractivity contribution in [3.05, 3.63) is 58.6 Å². The highest BCUT2D eigenvalue weighted by Crippen LogP contribution is 2.27. The highest BCUT2D eigenvalue weighted by atomic mass is 79.9. The van der Waals surface area contributed by atoms with E-state index in [1.807, 2.05) is 0 Å². The SMILES string of the molecule is CCC(c1ccc(O)cc1)C(NS(=O)(=O)c1ccc(Br)cc1)C(=O)O. The topological polar surface area (TPSA) is 104 Å². The van der Waals surface area contributed by atoms with Crippen molar-refractivity contribution in [2.45, 2.75) is 30.2 Å². The molecule has 2 rings (SSSR count). The van der Waals surface area contributed by atoms with Crippen molar-refractivity contribution in [1.29, 1.82) is 0 Å². The van der Waals surface area contributed by atoms with Crippen molar-refractivity contribution in [3.63, 3.8) is 0 Å². The Morgan fingerprint density at radius 1 is 1.12 bits per heavy atom. The van der Waals surface area contributed by atoms with Gasteiger partial charge in [-0.1, -0.05) is 35.0 Å². The fourth-order valence-electron chi connectivity index (χ4n) is 2.54. The zero-order valence-corrected chi connectivity index (χ0v) is 15.8. The minimum absolute atomic E-state index is 0.0116. The average Bonchev–Trinajstić information content (AvgIpc) is 2.56. The van der Waals surface area contributed by atoms with Gasteiger partial charge in [-0.15, -0.1) is 0 Å². The molecule has 134 valence electrons. The molecule has 0 heterocycles. The van der Waals surface area contributed by atoms with Crippen LogP contribution in [0.2, 0.25) is 0 Å². The highest BCUT2D eigenvalue weighted by Gasteiger charge is 2.32. The van der Waals surface area contributed by atoms with E-state index >= 15 is 0 Å². The summed E-state index contributed by atoms with van der Waals surface area (Å²) in [6.07, 6.45) is 0.407. The summed E-state index contributed by atoms with van der Waals surface area (Å²) in [6, 6.07) is 10.7. The number of nitrogens with one attached hydrogen (secondary N) is 1. The Balaban J connectivity index is 2.34. The number of sulfonamides is 1. The van der Waals surface area contributed by atoms with E-state index in [0.717, 1.165) is 4.47 Å². The quantitative estimate of drug-likeness (QED) is 0.629. The molecule has 25 heavy (non-hydrogen) atoms. The van der Waals surface area contributed by atoms with Gasteiger partial charge in [0.05, 0.1) is 4.90 Å². The zero-order chi connectivity index (χ0) is 18.6. The van der Waals surface area contributed by atoms with Gasteiger partial charge in [0.2, 0.25) is 10.0 Å². The number of carboxylic acids is 1. The number of aliphatic carboxylic acids is 1. The fourth-order valence-corrected chi connectivity index (χ4v) is 4.03. The van der Waals surface area contributed by atoms with E-state index in [1.165, 1.54) is 24.3 Å². The van der Waals surface area contributed by atoms with Crippen LogP contribution in [0.15, 0.2) is 57.9 Å². The molecule has 2 atom stereocenters. The summed E-state index contributed by atoms with van der Waals surface area (Å²) in [5.41, 5.74) is 0.631. The van der Waals surface area contributed by atoms with E-state index in [0.29, 0.717) is 12.0 Å². The smallest absolute Gasteiger partial charge is 0.322 e. The number of carboxylic acid groups (broad SMARTS) is 1. The van der Waals surface area contributed by atoms with Crippen molar-refractivity contribution >= 4 is 31.9 Å². The summed E-state index contributed by atoms with van der Waals surface area (Å²) in [4.78, 5) is 11.7. The number of phenolic OH excluding ortho intramolecular Hbond substituents is 1. The number of benzene rings is 2. The molecule has 0 aliphatic heterocycles. The summed E-state index contributed by atoms with van der Waals surface area (Å²) >= 11 is 3.23. The van der Waals surface area contributed by atoms with Crippen molar-refractivity contribution in [2.75, 3.05) is 0 Å². The predicted molar refractivity (Wildman–Crippen MR) is 97.0 cm³/mol. The molecule has 2 unspecified atom stereocenters. The van der Waals surface area contributed by atoms with Crippen LogP contribution in [-0.2, 0) is 14.8 Å². The lowest BCUT2D eigenvalue weighted by Crippen LogP contribution is -2.44. The first kappa shape index (κ1) is 19.4. The summed E-state index contributed by atoms with van der Waals surface area (Å²) in [6.45, 7) is 1.78. The van der Waals surface area contributed by atoms with Crippen LogP contribution in [0.25, 0.3) is 0 Å². The minimum atomic E-state index is -3.99. The molecule has 6 nitrogen and oxygen atoms in total. The number of carbonyl (C=O) groups is 1. The Bertz CT molecular complexity index is 834. The third-order valence-corrected chi connectivity index (χ3v) is 5.82. The van der Waals surface area contributed by atoms with E-state index in [-0.39, 0.29) is 10.6 Å². The number of rotatable bonds is 7. The molecule has 2 aromatic carbocycles. The van der Waals surface area contributed by atoms with Crippen LogP contribution < -0.4 is 4.72 Å². The molecule has 2 aromatic rings. The van der Waals surface area contributed by atoms with Gasteiger partial charge in [-0.2, -0.15) is 4.72 Å². The van der Waals surface area contributed by atoms with E-state index in [2.05, 4.69) is 20.7 Å². The summed E-state index contributed by atoms with van der Waals surface area (Å²) in [5, 5.41) is 18.9. The molecular weight excluding hydrogens is 410 g/mol. The largest absolute Gasteiger partial charge is 0.508 e. The first-order valence-electron chi connectivity index (χ1n) is 7.54. The Hall–Kier alpha value is -1.90. The van der Waals surface area contributed by atoms with Crippen LogP contribution >= 0.6 is 15.9 Å².